The zero-order valence-corrected chi connectivity index (χ0v) is 12.1. The van der Waals surface area contributed by atoms with Crippen LogP contribution in [0.3, 0.4) is 0 Å². The Morgan fingerprint density at radius 1 is 1.33 bits per heavy atom. The summed E-state index contributed by atoms with van der Waals surface area (Å²) in [6.07, 6.45) is 3.68. The van der Waals surface area contributed by atoms with Crippen LogP contribution in [0.25, 0.3) is 0 Å². The normalized spacial score (nSPS) is 17.4. The lowest BCUT2D eigenvalue weighted by Gasteiger charge is -2.26. The number of rotatable bonds is 4. The van der Waals surface area contributed by atoms with Crippen LogP contribution in [0.1, 0.15) is 43.5 Å². The number of nitrogens with zero attached hydrogens (tertiary/aromatic N) is 2. The van der Waals surface area contributed by atoms with Gasteiger partial charge < -0.3 is 5.32 Å². The van der Waals surface area contributed by atoms with Crippen LogP contribution in [0.4, 0.5) is 14.6 Å². The van der Waals surface area contributed by atoms with E-state index in [1.807, 2.05) is 6.07 Å². The molecule has 3 rings (SSSR count). The Bertz CT molecular complexity index is 616. The number of aryl methyl sites for hydroxylation is 1. The Labute approximate surface area is 123 Å². The van der Waals surface area contributed by atoms with E-state index in [9.17, 15) is 8.78 Å². The quantitative estimate of drug-likeness (QED) is 0.925. The van der Waals surface area contributed by atoms with Crippen molar-refractivity contribution in [1.82, 2.24) is 9.78 Å². The van der Waals surface area contributed by atoms with Gasteiger partial charge in [-0.25, -0.2) is 13.5 Å². The van der Waals surface area contributed by atoms with E-state index in [-0.39, 0.29) is 11.6 Å². The summed E-state index contributed by atoms with van der Waals surface area (Å²) in [5.74, 6) is -0.156. The highest BCUT2D eigenvalue weighted by Crippen LogP contribution is 2.33. The van der Waals surface area contributed by atoms with Crippen LogP contribution >= 0.6 is 0 Å². The monoisotopic (exact) mass is 291 g/mol. The average Bonchev–Trinajstić information content (AvgIpc) is 2.88. The molecule has 0 fully saturated rings. The van der Waals surface area contributed by atoms with Crippen molar-refractivity contribution in [2.45, 2.75) is 38.6 Å². The molecule has 3 nitrogen and oxygen atoms in total. The number of unbranched alkanes of at least 4 members (excludes halogenated alkanes) is 1. The zero-order valence-electron chi connectivity index (χ0n) is 12.1. The number of benzene rings is 1. The number of nitrogens with one attached hydrogen (secondary N) is 1. The Kier molecular flexibility index (Phi) is 3.90. The van der Waals surface area contributed by atoms with Crippen LogP contribution in [0.2, 0.25) is 0 Å². The van der Waals surface area contributed by atoms with Gasteiger partial charge in [-0.15, -0.1) is 0 Å². The standard InChI is InChI=1S/C16H19F2N3/c1-2-3-5-11-10-15-19-9-8-14(21(15)20-11)16-12(17)6-4-7-13(16)18/h4,6-7,10,14,19H,2-3,5,8-9H2,1H3. The Morgan fingerprint density at radius 3 is 2.81 bits per heavy atom. The van der Waals surface area contributed by atoms with Gasteiger partial charge in [-0.05, 0) is 31.4 Å². The van der Waals surface area contributed by atoms with Crippen molar-refractivity contribution < 1.29 is 8.78 Å². The first-order valence-electron chi connectivity index (χ1n) is 7.47. The van der Waals surface area contributed by atoms with E-state index in [1.165, 1.54) is 18.2 Å². The van der Waals surface area contributed by atoms with Crippen molar-refractivity contribution in [2.75, 3.05) is 11.9 Å². The lowest BCUT2D eigenvalue weighted by Crippen LogP contribution is -2.25. The zero-order chi connectivity index (χ0) is 14.8. The maximum absolute atomic E-state index is 14.0. The summed E-state index contributed by atoms with van der Waals surface area (Å²) < 4.78 is 29.8. The maximum atomic E-state index is 14.0. The average molecular weight is 291 g/mol. The van der Waals surface area contributed by atoms with Crippen LogP contribution in [-0.4, -0.2) is 16.3 Å². The predicted octanol–water partition coefficient (Wildman–Crippen LogP) is 3.91. The van der Waals surface area contributed by atoms with E-state index in [4.69, 9.17) is 0 Å². The number of anilines is 1. The van der Waals surface area contributed by atoms with Gasteiger partial charge in [0.25, 0.3) is 0 Å². The predicted molar refractivity (Wildman–Crippen MR) is 78.4 cm³/mol. The first-order chi connectivity index (χ1) is 10.2. The number of hydrogen-bond acceptors (Lipinski definition) is 2. The SMILES string of the molecule is CCCCc1cc2n(n1)C(c1c(F)cccc1F)CCN2. The summed E-state index contributed by atoms with van der Waals surface area (Å²) in [6.45, 7) is 2.82. The molecule has 0 spiro atoms. The number of fused-ring (bicyclic) bond motifs is 1. The third-order valence-electron chi connectivity index (χ3n) is 3.92. The summed E-state index contributed by atoms with van der Waals surface area (Å²) in [7, 11) is 0. The maximum Gasteiger partial charge on any atom is 0.131 e. The van der Waals surface area contributed by atoms with E-state index in [0.717, 1.165) is 30.8 Å². The molecule has 1 atom stereocenters. The number of aromatic nitrogens is 2. The molecule has 5 heteroatoms. The van der Waals surface area contributed by atoms with Gasteiger partial charge >= 0.3 is 0 Å². The van der Waals surface area contributed by atoms with E-state index in [2.05, 4.69) is 17.3 Å². The first-order valence-corrected chi connectivity index (χ1v) is 7.47. The molecule has 0 saturated heterocycles. The summed E-state index contributed by atoms with van der Waals surface area (Å²) in [5, 5.41) is 7.80. The van der Waals surface area contributed by atoms with Crippen molar-refractivity contribution in [3.8, 4) is 0 Å². The minimum Gasteiger partial charge on any atom is -0.370 e. The second-order valence-electron chi connectivity index (χ2n) is 5.44. The highest BCUT2D eigenvalue weighted by atomic mass is 19.1. The van der Waals surface area contributed by atoms with Crippen molar-refractivity contribution in [2.24, 2.45) is 0 Å². The van der Waals surface area contributed by atoms with E-state index in [1.54, 1.807) is 4.68 Å². The molecule has 112 valence electrons. The van der Waals surface area contributed by atoms with Gasteiger partial charge in [-0.1, -0.05) is 19.4 Å². The fourth-order valence-electron chi connectivity index (χ4n) is 2.85. The van der Waals surface area contributed by atoms with Crippen molar-refractivity contribution in [3.05, 3.63) is 47.2 Å². The number of halogens is 2. The van der Waals surface area contributed by atoms with Gasteiger partial charge in [0.2, 0.25) is 0 Å². The Hall–Kier alpha value is -1.91. The fraction of sp³-hybridized carbons (Fsp3) is 0.438. The lowest BCUT2D eigenvalue weighted by molar-refractivity contribution is 0.431. The van der Waals surface area contributed by atoms with Crippen LogP contribution in [-0.2, 0) is 6.42 Å². The largest absolute Gasteiger partial charge is 0.370 e. The molecule has 1 aliphatic heterocycles. The van der Waals surface area contributed by atoms with E-state index in [0.29, 0.717) is 13.0 Å². The molecule has 1 aromatic heterocycles. The molecule has 0 aliphatic carbocycles. The van der Waals surface area contributed by atoms with Gasteiger partial charge in [0.15, 0.2) is 0 Å². The molecule has 0 saturated carbocycles. The molecule has 0 amide bonds. The summed E-state index contributed by atoms with van der Waals surface area (Å²) in [6, 6.07) is 5.62. The summed E-state index contributed by atoms with van der Waals surface area (Å²) in [5.41, 5.74) is 1.09. The van der Waals surface area contributed by atoms with E-state index < -0.39 is 11.6 Å². The minimum atomic E-state index is -0.501. The lowest BCUT2D eigenvalue weighted by atomic mass is 10.0. The molecule has 1 aromatic carbocycles. The molecule has 2 aromatic rings. The van der Waals surface area contributed by atoms with Crippen LogP contribution in [0.5, 0.6) is 0 Å². The second-order valence-corrected chi connectivity index (χ2v) is 5.44. The van der Waals surface area contributed by atoms with Crippen molar-refractivity contribution in [3.63, 3.8) is 0 Å². The molecular formula is C16H19F2N3. The van der Waals surface area contributed by atoms with Gasteiger partial charge in [-0.2, -0.15) is 5.10 Å². The highest BCUT2D eigenvalue weighted by molar-refractivity contribution is 5.42. The molecular weight excluding hydrogens is 272 g/mol. The third kappa shape index (κ3) is 2.64. The Balaban J connectivity index is 1.98. The molecule has 2 heterocycles. The summed E-state index contributed by atoms with van der Waals surface area (Å²) in [4.78, 5) is 0. The van der Waals surface area contributed by atoms with Crippen LogP contribution < -0.4 is 5.32 Å². The third-order valence-corrected chi connectivity index (χ3v) is 3.92. The summed E-state index contributed by atoms with van der Waals surface area (Å²) >= 11 is 0. The molecule has 0 bridgehead atoms. The van der Waals surface area contributed by atoms with Gasteiger partial charge in [0.1, 0.15) is 17.5 Å². The van der Waals surface area contributed by atoms with Gasteiger partial charge in [-0.3, -0.25) is 0 Å². The topological polar surface area (TPSA) is 29.9 Å². The van der Waals surface area contributed by atoms with Crippen molar-refractivity contribution in [1.29, 1.82) is 0 Å². The minimum absolute atomic E-state index is 0.116. The second kappa shape index (κ2) is 5.84. The molecule has 21 heavy (non-hydrogen) atoms. The van der Waals surface area contributed by atoms with Gasteiger partial charge in [0, 0.05) is 18.2 Å². The first kappa shape index (κ1) is 14.0. The van der Waals surface area contributed by atoms with Crippen LogP contribution in [0, 0.1) is 11.6 Å². The molecule has 0 radical (unpaired) electrons. The molecule has 1 unspecified atom stereocenters. The van der Waals surface area contributed by atoms with Crippen molar-refractivity contribution >= 4 is 5.82 Å². The molecule has 1 aliphatic rings. The fourth-order valence-corrected chi connectivity index (χ4v) is 2.85. The smallest absolute Gasteiger partial charge is 0.131 e. The van der Waals surface area contributed by atoms with Gasteiger partial charge in [0.05, 0.1) is 11.7 Å². The van der Waals surface area contributed by atoms with E-state index >= 15 is 0 Å². The number of hydrogen-bond donors (Lipinski definition) is 1. The highest BCUT2D eigenvalue weighted by Gasteiger charge is 2.27. The molecule has 1 N–H and O–H groups in total. The Morgan fingerprint density at radius 2 is 2.10 bits per heavy atom. The van der Waals surface area contributed by atoms with Crippen LogP contribution in [0.15, 0.2) is 24.3 Å².